The summed E-state index contributed by atoms with van der Waals surface area (Å²) in [6, 6.07) is 0. The molecule has 2 aromatic rings. The second-order valence-corrected chi connectivity index (χ2v) is 4.02. The normalized spacial score (nSPS) is 10.4. The van der Waals surface area contributed by atoms with Crippen LogP contribution in [0.1, 0.15) is 5.56 Å². The largest absolute Gasteiger partial charge is 0.466 e. The van der Waals surface area contributed by atoms with Gasteiger partial charge in [0.15, 0.2) is 6.61 Å². The first kappa shape index (κ1) is 10.8. The Balaban J connectivity index is 2.27. The summed E-state index contributed by atoms with van der Waals surface area (Å²) in [6.45, 7) is 1.83. The Morgan fingerprint density at radius 2 is 2.31 bits per heavy atom. The molecule has 84 valence electrons. The molecular weight excluding hydrogens is 228 g/mol. The van der Waals surface area contributed by atoms with Crippen LogP contribution in [0.4, 0.5) is 0 Å². The summed E-state index contributed by atoms with van der Waals surface area (Å²) in [5.74, 6) is -0.00598. The van der Waals surface area contributed by atoms with Crippen LogP contribution in [-0.4, -0.2) is 29.7 Å². The summed E-state index contributed by atoms with van der Waals surface area (Å²) in [5.41, 5.74) is 1.94. The van der Waals surface area contributed by atoms with Crippen LogP contribution in [0.25, 0.3) is 10.2 Å². The molecular formula is C10H10N2O3S. The van der Waals surface area contributed by atoms with Crippen LogP contribution in [0.5, 0.6) is 5.88 Å². The molecule has 0 atom stereocenters. The van der Waals surface area contributed by atoms with Crippen LogP contribution >= 0.6 is 11.3 Å². The van der Waals surface area contributed by atoms with Crippen LogP contribution in [0.2, 0.25) is 0 Å². The quantitative estimate of drug-likeness (QED) is 0.759. The summed E-state index contributed by atoms with van der Waals surface area (Å²) in [5, 5.41) is 1.98. The van der Waals surface area contributed by atoms with E-state index in [1.807, 2.05) is 12.3 Å². The van der Waals surface area contributed by atoms with E-state index in [1.165, 1.54) is 24.8 Å². The molecule has 0 N–H and O–H groups in total. The molecule has 0 aliphatic heterocycles. The van der Waals surface area contributed by atoms with Gasteiger partial charge in [-0.1, -0.05) is 0 Å². The zero-order valence-corrected chi connectivity index (χ0v) is 9.71. The molecule has 16 heavy (non-hydrogen) atoms. The van der Waals surface area contributed by atoms with Crippen molar-refractivity contribution in [1.29, 1.82) is 0 Å². The summed E-state index contributed by atoms with van der Waals surface area (Å²) < 4.78 is 10.6. The number of methoxy groups -OCH3 is 1. The Kier molecular flexibility index (Phi) is 3.00. The third kappa shape index (κ3) is 1.96. The number of nitrogens with zero attached hydrogens (tertiary/aromatic N) is 2. The van der Waals surface area contributed by atoms with Crippen molar-refractivity contribution in [1.82, 2.24) is 9.97 Å². The van der Waals surface area contributed by atoms with Crippen molar-refractivity contribution >= 4 is 27.5 Å². The highest BCUT2D eigenvalue weighted by Crippen LogP contribution is 2.29. The number of hydrogen-bond donors (Lipinski definition) is 0. The highest BCUT2D eigenvalue weighted by atomic mass is 32.1. The van der Waals surface area contributed by atoms with Crippen LogP contribution in [-0.2, 0) is 9.53 Å². The summed E-state index contributed by atoms with van der Waals surface area (Å²) in [6.07, 6.45) is 1.43. The maximum atomic E-state index is 10.9. The Labute approximate surface area is 96.0 Å². The van der Waals surface area contributed by atoms with Crippen molar-refractivity contribution in [3.63, 3.8) is 0 Å². The first-order chi connectivity index (χ1) is 7.72. The smallest absolute Gasteiger partial charge is 0.343 e. The van der Waals surface area contributed by atoms with Gasteiger partial charge in [0, 0.05) is 0 Å². The lowest BCUT2D eigenvalue weighted by molar-refractivity contribution is -0.142. The number of aromatic nitrogens is 2. The molecule has 0 aromatic carbocycles. The van der Waals surface area contributed by atoms with E-state index in [1.54, 1.807) is 0 Å². The summed E-state index contributed by atoms with van der Waals surface area (Å²) >= 11 is 1.50. The van der Waals surface area contributed by atoms with Gasteiger partial charge in [-0.25, -0.2) is 14.8 Å². The average molecular weight is 238 g/mol. The van der Waals surface area contributed by atoms with E-state index >= 15 is 0 Å². The number of hydrogen-bond acceptors (Lipinski definition) is 6. The van der Waals surface area contributed by atoms with Gasteiger partial charge >= 0.3 is 5.97 Å². The zero-order valence-electron chi connectivity index (χ0n) is 8.89. The van der Waals surface area contributed by atoms with Crippen molar-refractivity contribution in [3.8, 4) is 5.88 Å². The summed E-state index contributed by atoms with van der Waals surface area (Å²) in [7, 11) is 1.32. The van der Waals surface area contributed by atoms with Gasteiger partial charge in [-0.2, -0.15) is 0 Å². The molecule has 2 rings (SSSR count). The number of ether oxygens (including phenoxy) is 2. The van der Waals surface area contributed by atoms with Gasteiger partial charge in [-0.05, 0) is 17.9 Å². The maximum absolute atomic E-state index is 10.9. The first-order valence-corrected chi connectivity index (χ1v) is 5.48. The second-order valence-electron chi connectivity index (χ2n) is 3.14. The fraction of sp³-hybridized carbons (Fsp3) is 0.300. The minimum Gasteiger partial charge on any atom is -0.466 e. The molecule has 2 aromatic heterocycles. The predicted molar refractivity (Wildman–Crippen MR) is 59.7 cm³/mol. The lowest BCUT2D eigenvalue weighted by atomic mass is 10.3. The van der Waals surface area contributed by atoms with Gasteiger partial charge in [0.1, 0.15) is 11.0 Å². The Bertz CT molecular complexity index is 524. The van der Waals surface area contributed by atoms with Crippen LogP contribution in [0, 0.1) is 6.92 Å². The molecule has 6 heteroatoms. The highest BCUT2D eigenvalue weighted by molar-refractivity contribution is 7.17. The van der Waals surface area contributed by atoms with Crippen LogP contribution < -0.4 is 4.74 Å². The molecule has 0 aliphatic carbocycles. The Hall–Kier alpha value is -1.69. The minimum atomic E-state index is -0.431. The number of aryl methyl sites for hydroxylation is 1. The fourth-order valence-corrected chi connectivity index (χ4v) is 2.18. The van der Waals surface area contributed by atoms with Gasteiger partial charge in [0.2, 0.25) is 5.88 Å². The molecule has 0 bridgehead atoms. The first-order valence-electron chi connectivity index (χ1n) is 4.60. The lowest BCUT2D eigenvalue weighted by Crippen LogP contribution is -2.13. The lowest BCUT2D eigenvalue weighted by Gasteiger charge is -2.03. The van der Waals surface area contributed by atoms with E-state index < -0.39 is 5.97 Å². The number of thiophene rings is 1. The highest BCUT2D eigenvalue weighted by Gasteiger charge is 2.10. The number of carbonyl (C=O) groups is 1. The maximum Gasteiger partial charge on any atom is 0.343 e. The van der Waals surface area contributed by atoms with Gasteiger partial charge in [0.05, 0.1) is 12.6 Å². The SMILES string of the molecule is COC(=O)COc1ncnc2c(C)csc12. The number of esters is 1. The van der Waals surface area contributed by atoms with E-state index in [4.69, 9.17) is 4.74 Å². The molecule has 0 saturated heterocycles. The molecule has 0 unspecified atom stereocenters. The molecule has 0 aliphatic rings. The number of rotatable bonds is 3. The molecule has 2 heterocycles. The van der Waals surface area contributed by atoms with E-state index in [2.05, 4.69) is 14.7 Å². The summed E-state index contributed by atoms with van der Waals surface area (Å²) in [4.78, 5) is 19.1. The Morgan fingerprint density at radius 1 is 1.50 bits per heavy atom. The average Bonchev–Trinajstić information content (AvgIpc) is 2.69. The standard InChI is InChI=1S/C10H10N2O3S/c1-6-4-16-9-8(6)11-5-12-10(9)15-3-7(13)14-2/h4-5H,3H2,1-2H3. The second kappa shape index (κ2) is 4.44. The van der Waals surface area contributed by atoms with E-state index in [0.29, 0.717) is 5.88 Å². The Morgan fingerprint density at radius 3 is 3.06 bits per heavy atom. The van der Waals surface area contributed by atoms with Gasteiger partial charge < -0.3 is 9.47 Å². The molecule has 0 fully saturated rings. The van der Waals surface area contributed by atoms with E-state index in [-0.39, 0.29) is 6.61 Å². The zero-order chi connectivity index (χ0) is 11.5. The molecule has 0 spiro atoms. The topological polar surface area (TPSA) is 61.3 Å². The number of carbonyl (C=O) groups excluding carboxylic acids is 1. The molecule has 0 radical (unpaired) electrons. The molecule has 5 nitrogen and oxygen atoms in total. The third-order valence-corrected chi connectivity index (χ3v) is 3.13. The van der Waals surface area contributed by atoms with Gasteiger partial charge in [0.25, 0.3) is 0 Å². The third-order valence-electron chi connectivity index (χ3n) is 2.05. The van der Waals surface area contributed by atoms with Gasteiger partial charge in [-0.3, -0.25) is 0 Å². The minimum absolute atomic E-state index is 0.139. The molecule has 0 amide bonds. The van der Waals surface area contributed by atoms with E-state index in [0.717, 1.165) is 15.8 Å². The monoisotopic (exact) mass is 238 g/mol. The number of fused-ring (bicyclic) bond motifs is 1. The van der Waals surface area contributed by atoms with Crippen LogP contribution in [0.15, 0.2) is 11.7 Å². The van der Waals surface area contributed by atoms with Crippen molar-refractivity contribution in [2.75, 3.05) is 13.7 Å². The van der Waals surface area contributed by atoms with Crippen molar-refractivity contribution < 1.29 is 14.3 Å². The predicted octanol–water partition coefficient (Wildman–Crippen LogP) is 1.55. The van der Waals surface area contributed by atoms with Crippen molar-refractivity contribution in [2.24, 2.45) is 0 Å². The van der Waals surface area contributed by atoms with Crippen molar-refractivity contribution in [3.05, 3.63) is 17.3 Å². The van der Waals surface area contributed by atoms with Gasteiger partial charge in [-0.15, -0.1) is 11.3 Å². The van der Waals surface area contributed by atoms with Crippen LogP contribution in [0.3, 0.4) is 0 Å². The fourth-order valence-electron chi connectivity index (χ4n) is 1.24. The van der Waals surface area contributed by atoms with Crippen molar-refractivity contribution in [2.45, 2.75) is 6.92 Å². The van der Waals surface area contributed by atoms with E-state index in [9.17, 15) is 4.79 Å². The molecule has 0 saturated carbocycles.